The summed E-state index contributed by atoms with van der Waals surface area (Å²) in [7, 11) is -3.52. The van der Waals surface area contributed by atoms with Crippen LogP contribution in [0, 0.1) is 0 Å². The Kier molecular flexibility index (Phi) is 6.68. The number of fused-ring (bicyclic) bond motifs is 3. The summed E-state index contributed by atoms with van der Waals surface area (Å²) < 4.78 is 36.5. The van der Waals surface area contributed by atoms with Crippen LogP contribution in [0.2, 0.25) is 0 Å². The van der Waals surface area contributed by atoms with Crippen LogP contribution in [0.3, 0.4) is 0 Å². The average Bonchev–Trinajstić information content (AvgIpc) is 3.11. The van der Waals surface area contributed by atoms with Gasteiger partial charge in [0.1, 0.15) is 6.61 Å². The minimum atomic E-state index is -3.52. The SMILES string of the molecule is CC(=O)N1CCOc2c(-c3ccc4cnc(CNC(=O)c5ccc6c(c5)S(=O)(=O)CCOC6)cc4n3)cccc21. The van der Waals surface area contributed by atoms with Gasteiger partial charge in [0.05, 0.1) is 59.5 Å². The van der Waals surface area contributed by atoms with Crippen molar-refractivity contribution in [3.8, 4) is 17.0 Å². The first-order valence-corrected chi connectivity index (χ1v) is 14.5. The Bertz CT molecular complexity index is 1770. The number of anilines is 1. The van der Waals surface area contributed by atoms with Crippen molar-refractivity contribution in [2.45, 2.75) is 25.0 Å². The molecule has 0 atom stereocenters. The molecule has 2 amide bonds. The van der Waals surface area contributed by atoms with E-state index < -0.39 is 15.7 Å². The molecule has 0 saturated carbocycles. The highest BCUT2D eigenvalue weighted by molar-refractivity contribution is 7.91. The lowest BCUT2D eigenvalue weighted by atomic mass is 10.1. The van der Waals surface area contributed by atoms with Crippen molar-refractivity contribution in [3.05, 3.63) is 77.6 Å². The summed E-state index contributed by atoms with van der Waals surface area (Å²) in [5.74, 6) is 0.0440. The number of pyridine rings is 2. The predicted octanol–water partition coefficient (Wildman–Crippen LogP) is 3.28. The smallest absolute Gasteiger partial charge is 0.251 e. The normalized spacial score (nSPS) is 15.9. The largest absolute Gasteiger partial charge is 0.489 e. The minimum absolute atomic E-state index is 0.0486. The molecule has 2 aliphatic rings. The first kappa shape index (κ1) is 25.9. The molecular formula is C29H26N4O6S. The summed E-state index contributed by atoms with van der Waals surface area (Å²) in [4.78, 5) is 36.1. The molecule has 0 fully saturated rings. The van der Waals surface area contributed by atoms with Crippen LogP contribution in [0.15, 0.2) is 65.7 Å². The van der Waals surface area contributed by atoms with Crippen molar-refractivity contribution in [3.63, 3.8) is 0 Å². The number of para-hydroxylation sites is 1. The van der Waals surface area contributed by atoms with Crippen LogP contribution in [0.1, 0.15) is 28.5 Å². The predicted molar refractivity (Wildman–Crippen MR) is 148 cm³/mol. The minimum Gasteiger partial charge on any atom is -0.489 e. The van der Waals surface area contributed by atoms with Gasteiger partial charge in [0, 0.05) is 29.6 Å². The molecule has 1 N–H and O–H groups in total. The fraction of sp³-hybridized carbons (Fsp3) is 0.241. The van der Waals surface area contributed by atoms with E-state index in [4.69, 9.17) is 14.5 Å². The van der Waals surface area contributed by atoms with E-state index in [2.05, 4.69) is 10.3 Å². The second-order valence-electron chi connectivity index (χ2n) is 9.61. The van der Waals surface area contributed by atoms with Crippen LogP contribution in [0.4, 0.5) is 5.69 Å². The molecule has 2 aromatic carbocycles. The topological polar surface area (TPSA) is 128 Å². The van der Waals surface area contributed by atoms with Gasteiger partial charge in [0.25, 0.3) is 5.91 Å². The van der Waals surface area contributed by atoms with Gasteiger partial charge < -0.3 is 19.7 Å². The molecule has 2 aliphatic heterocycles. The maximum atomic E-state index is 12.9. The van der Waals surface area contributed by atoms with E-state index in [1.165, 1.54) is 13.0 Å². The summed E-state index contributed by atoms with van der Waals surface area (Å²) in [5, 5.41) is 3.65. The third kappa shape index (κ3) is 4.89. The molecule has 0 bridgehead atoms. The third-order valence-corrected chi connectivity index (χ3v) is 8.74. The standard InChI is InChI=1S/C29H26N4O6S/c1-18(34)33-9-10-39-28-23(3-2-4-26(28)33)24-8-7-20-15-30-22(14-25(20)32-24)16-31-29(35)19-5-6-21-17-38-11-12-40(36,37)27(21)13-19/h2-8,13-15H,9-12,16-17H2,1H3,(H,31,35). The fourth-order valence-corrected chi connectivity index (χ4v) is 6.31. The number of nitrogens with one attached hydrogen (secondary N) is 1. The molecule has 6 rings (SSSR count). The van der Waals surface area contributed by atoms with Crippen LogP contribution in [-0.2, 0) is 32.5 Å². The first-order valence-electron chi connectivity index (χ1n) is 12.8. The number of hydrogen-bond donors (Lipinski definition) is 1. The molecule has 0 saturated heterocycles. The molecule has 2 aromatic heterocycles. The summed E-state index contributed by atoms with van der Waals surface area (Å²) in [5.41, 5.74) is 4.26. The number of carbonyl (C=O) groups excluding carboxylic acids is 2. The van der Waals surface area contributed by atoms with E-state index in [0.29, 0.717) is 41.4 Å². The molecule has 0 radical (unpaired) electrons. The van der Waals surface area contributed by atoms with Gasteiger partial charge >= 0.3 is 0 Å². The van der Waals surface area contributed by atoms with Gasteiger partial charge in [-0.3, -0.25) is 14.6 Å². The Morgan fingerprint density at radius 2 is 1.95 bits per heavy atom. The highest BCUT2D eigenvalue weighted by atomic mass is 32.2. The molecule has 4 aromatic rings. The van der Waals surface area contributed by atoms with Crippen molar-refractivity contribution >= 4 is 38.2 Å². The summed E-state index contributed by atoms with van der Waals surface area (Å²) in [6.07, 6.45) is 1.69. The van der Waals surface area contributed by atoms with E-state index in [0.717, 1.165) is 16.6 Å². The Labute approximate surface area is 230 Å². The molecule has 4 heterocycles. The van der Waals surface area contributed by atoms with Crippen LogP contribution >= 0.6 is 0 Å². The third-order valence-electron chi connectivity index (χ3n) is 6.98. The maximum absolute atomic E-state index is 12.9. The number of sulfone groups is 1. The van der Waals surface area contributed by atoms with Crippen molar-refractivity contribution < 1.29 is 27.5 Å². The molecular weight excluding hydrogens is 532 g/mol. The second-order valence-corrected chi connectivity index (χ2v) is 11.7. The van der Waals surface area contributed by atoms with Crippen molar-refractivity contribution in [2.24, 2.45) is 0 Å². The number of benzene rings is 2. The van der Waals surface area contributed by atoms with Gasteiger partial charge in [0.2, 0.25) is 5.91 Å². The number of carbonyl (C=O) groups is 2. The monoisotopic (exact) mass is 558 g/mol. The van der Waals surface area contributed by atoms with E-state index in [1.54, 1.807) is 29.3 Å². The Balaban J connectivity index is 1.24. The zero-order valence-corrected chi connectivity index (χ0v) is 22.5. The van der Waals surface area contributed by atoms with Gasteiger partial charge in [-0.25, -0.2) is 13.4 Å². The van der Waals surface area contributed by atoms with Crippen LogP contribution in [0.25, 0.3) is 22.2 Å². The maximum Gasteiger partial charge on any atom is 0.251 e. The number of hydrogen-bond acceptors (Lipinski definition) is 8. The number of nitrogens with zero attached hydrogens (tertiary/aromatic N) is 3. The fourth-order valence-electron chi connectivity index (χ4n) is 4.92. The zero-order chi connectivity index (χ0) is 27.9. The molecule has 0 spiro atoms. The van der Waals surface area contributed by atoms with E-state index >= 15 is 0 Å². The molecule has 204 valence electrons. The number of ether oxygens (including phenoxy) is 2. The lowest BCUT2D eigenvalue weighted by Gasteiger charge is -2.30. The van der Waals surface area contributed by atoms with E-state index in [-0.39, 0.29) is 41.9 Å². The van der Waals surface area contributed by atoms with Gasteiger partial charge in [-0.1, -0.05) is 12.1 Å². The van der Waals surface area contributed by atoms with Gasteiger partial charge in [-0.2, -0.15) is 0 Å². The van der Waals surface area contributed by atoms with Crippen molar-refractivity contribution in [1.29, 1.82) is 0 Å². The summed E-state index contributed by atoms with van der Waals surface area (Å²) in [6.45, 7) is 2.87. The molecule has 11 heteroatoms. The second kappa shape index (κ2) is 10.3. The number of rotatable bonds is 4. The lowest BCUT2D eigenvalue weighted by molar-refractivity contribution is -0.116. The van der Waals surface area contributed by atoms with Crippen molar-refractivity contribution in [1.82, 2.24) is 15.3 Å². The van der Waals surface area contributed by atoms with Crippen LogP contribution in [-0.4, -0.2) is 55.7 Å². The highest BCUT2D eigenvalue weighted by Crippen LogP contribution is 2.40. The Morgan fingerprint density at radius 1 is 1.07 bits per heavy atom. The number of aromatic nitrogens is 2. The van der Waals surface area contributed by atoms with Crippen LogP contribution in [0.5, 0.6) is 5.75 Å². The number of amides is 2. The van der Waals surface area contributed by atoms with E-state index in [1.807, 2.05) is 30.3 Å². The van der Waals surface area contributed by atoms with Gasteiger partial charge in [-0.15, -0.1) is 0 Å². The quantitative estimate of drug-likeness (QED) is 0.404. The van der Waals surface area contributed by atoms with Crippen molar-refractivity contribution in [2.75, 3.05) is 30.4 Å². The molecule has 0 aliphatic carbocycles. The lowest BCUT2D eigenvalue weighted by Crippen LogP contribution is -2.36. The van der Waals surface area contributed by atoms with Crippen LogP contribution < -0.4 is 15.0 Å². The Hall–Kier alpha value is -4.35. The van der Waals surface area contributed by atoms with Gasteiger partial charge in [0.15, 0.2) is 15.6 Å². The average molecular weight is 559 g/mol. The molecule has 0 unspecified atom stereocenters. The molecule has 10 nitrogen and oxygen atoms in total. The van der Waals surface area contributed by atoms with E-state index in [9.17, 15) is 18.0 Å². The summed E-state index contributed by atoms with van der Waals surface area (Å²) in [6, 6.07) is 15.9. The molecule has 40 heavy (non-hydrogen) atoms. The zero-order valence-electron chi connectivity index (χ0n) is 21.7. The van der Waals surface area contributed by atoms with Gasteiger partial charge in [-0.05, 0) is 48.0 Å². The Morgan fingerprint density at radius 3 is 2.80 bits per heavy atom. The summed E-state index contributed by atoms with van der Waals surface area (Å²) >= 11 is 0. The first-order chi connectivity index (χ1) is 19.3. The highest BCUT2D eigenvalue weighted by Gasteiger charge is 2.25.